The summed E-state index contributed by atoms with van der Waals surface area (Å²) in [6.45, 7) is 19.0. The molecule has 0 saturated heterocycles. The largest absolute Gasteiger partial charge is 0.463 e. The van der Waals surface area contributed by atoms with Crippen molar-refractivity contribution >= 4 is 11.9 Å². The van der Waals surface area contributed by atoms with Crippen LogP contribution in [0.4, 0.5) is 0 Å². The van der Waals surface area contributed by atoms with Gasteiger partial charge in [0.2, 0.25) is 0 Å². The summed E-state index contributed by atoms with van der Waals surface area (Å²) in [5.74, 6) is 0.453. The van der Waals surface area contributed by atoms with Crippen molar-refractivity contribution in [3.63, 3.8) is 0 Å². The second-order valence-corrected chi connectivity index (χ2v) is 12.5. The predicted octanol–water partition coefficient (Wildman–Crippen LogP) is 7.37. The van der Waals surface area contributed by atoms with E-state index in [4.69, 9.17) is 18.9 Å². The molecule has 0 heterocycles. The van der Waals surface area contributed by atoms with Crippen LogP contribution >= 0.6 is 0 Å². The monoisotopic (exact) mass is 526 g/mol. The van der Waals surface area contributed by atoms with Gasteiger partial charge in [0.25, 0.3) is 0 Å². The van der Waals surface area contributed by atoms with Gasteiger partial charge in [0, 0.05) is 0 Å². The summed E-state index contributed by atoms with van der Waals surface area (Å²) >= 11 is 0. The van der Waals surface area contributed by atoms with Gasteiger partial charge in [-0.3, -0.25) is 9.59 Å². The zero-order valence-corrected chi connectivity index (χ0v) is 25.4. The van der Waals surface area contributed by atoms with E-state index in [0.717, 1.165) is 24.7 Å². The van der Waals surface area contributed by atoms with Gasteiger partial charge in [-0.15, -0.1) is 0 Å². The highest BCUT2D eigenvalue weighted by atomic mass is 16.6. The number of carbonyl (C=O) groups is 2. The number of hydrogen-bond acceptors (Lipinski definition) is 6. The van der Waals surface area contributed by atoms with Crippen LogP contribution in [0.2, 0.25) is 0 Å². The van der Waals surface area contributed by atoms with E-state index in [1.165, 1.54) is 32.1 Å². The Labute approximate surface area is 227 Å². The van der Waals surface area contributed by atoms with E-state index in [9.17, 15) is 9.59 Å². The Kier molecular flexibility index (Phi) is 16.7. The molecule has 1 aliphatic rings. The van der Waals surface area contributed by atoms with Crippen LogP contribution in [0.15, 0.2) is 0 Å². The Bertz CT molecular complexity index is 631. The molecule has 0 aromatic heterocycles. The minimum absolute atomic E-state index is 0.0679. The van der Waals surface area contributed by atoms with Crippen molar-refractivity contribution < 1.29 is 28.5 Å². The molecular formula is C31H58O6. The van der Waals surface area contributed by atoms with E-state index in [1.54, 1.807) is 0 Å². The molecule has 6 heteroatoms. The topological polar surface area (TPSA) is 71.1 Å². The van der Waals surface area contributed by atoms with Crippen LogP contribution in [0.1, 0.15) is 120 Å². The van der Waals surface area contributed by atoms with E-state index in [2.05, 4.69) is 20.8 Å². The number of esters is 2. The Balaban J connectivity index is 2.68. The summed E-state index contributed by atoms with van der Waals surface area (Å²) in [7, 11) is 0. The van der Waals surface area contributed by atoms with Crippen molar-refractivity contribution in [1.82, 2.24) is 0 Å². The standard InChI is InChI=1S/C31H58O6/c1-21(2)12-10-13-24(7)14-11-15-27-16-17-28(30(32)34-19-25(8)36-22(3)4)29(18-27)31(33)35-20-26(9)37-23(5)6/h21-29H,10-20H2,1-9H3. The van der Waals surface area contributed by atoms with Crippen LogP contribution in [-0.4, -0.2) is 49.6 Å². The summed E-state index contributed by atoms with van der Waals surface area (Å²) in [4.78, 5) is 26.2. The SMILES string of the molecule is CC(C)CCCC(C)CCCC1CCC(C(=O)OCC(C)OC(C)C)C(C(=O)OCC(C)OC(C)C)C1. The highest BCUT2D eigenvalue weighted by Crippen LogP contribution is 2.38. The van der Waals surface area contributed by atoms with E-state index in [0.29, 0.717) is 18.8 Å². The average molecular weight is 527 g/mol. The molecule has 1 fully saturated rings. The molecule has 0 aliphatic heterocycles. The zero-order chi connectivity index (χ0) is 28.0. The highest BCUT2D eigenvalue weighted by Gasteiger charge is 2.41. The molecule has 1 rings (SSSR count). The first-order valence-electron chi connectivity index (χ1n) is 15.0. The molecule has 37 heavy (non-hydrogen) atoms. The summed E-state index contributed by atoms with van der Waals surface area (Å²) in [5.41, 5.74) is 0. The molecule has 0 amide bonds. The lowest BCUT2D eigenvalue weighted by atomic mass is 9.72. The zero-order valence-electron chi connectivity index (χ0n) is 25.4. The third kappa shape index (κ3) is 15.1. The molecule has 0 bridgehead atoms. The van der Waals surface area contributed by atoms with Crippen molar-refractivity contribution in [3.05, 3.63) is 0 Å². The first kappa shape index (κ1) is 33.9. The summed E-state index contributed by atoms with van der Waals surface area (Å²) in [6.07, 6.45) is 9.50. The highest BCUT2D eigenvalue weighted by molar-refractivity contribution is 5.82. The van der Waals surface area contributed by atoms with Crippen molar-refractivity contribution in [2.75, 3.05) is 13.2 Å². The normalized spacial score (nSPS) is 22.8. The molecule has 6 unspecified atom stereocenters. The quantitative estimate of drug-likeness (QED) is 0.174. The minimum Gasteiger partial charge on any atom is -0.463 e. The molecule has 0 aromatic rings. The van der Waals surface area contributed by atoms with Crippen LogP contribution in [0.5, 0.6) is 0 Å². The lowest BCUT2D eigenvalue weighted by Gasteiger charge is -2.34. The lowest BCUT2D eigenvalue weighted by Crippen LogP contribution is -2.39. The maximum absolute atomic E-state index is 13.2. The van der Waals surface area contributed by atoms with Crippen molar-refractivity contribution in [1.29, 1.82) is 0 Å². The van der Waals surface area contributed by atoms with Gasteiger partial charge in [-0.2, -0.15) is 0 Å². The third-order valence-electron chi connectivity index (χ3n) is 7.28. The van der Waals surface area contributed by atoms with Crippen molar-refractivity contribution in [3.8, 4) is 0 Å². The maximum atomic E-state index is 13.2. The van der Waals surface area contributed by atoms with Crippen LogP contribution in [0.25, 0.3) is 0 Å². The van der Waals surface area contributed by atoms with Crippen LogP contribution in [0.3, 0.4) is 0 Å². The van der Waals surface area contributed by atoms with Gasteiger partial charge in [0.15, 0.2) is 0 Å². The Hall–Kier alpha value is -1.14. The second kappa shape index (κ2) is 18.2. The van der Waals surface area contributed by atoms with E-state index in [1.807, 2.05) is 41.5 Å². The van der Waals surface area contributed by atoms with Crippen LogP contribution in [-0.2, 0) is 28.5 Å². The molecular weight excluding hydrogens is 468 g/mol. The first-order chi connectivity index (χ1) is 17.4. The van der Waals surface area contributed by atoms with Gasteiger partial charge in [0.1, 0.15) is 13.2 Å². The van der Waals surface area contributed by atoms with E-state index < -0.39 is 11.8 Å². The van der Waals surface area contributed by atoms with Gasteiger partial charge >= 0.3 is 11.9 Å². The molecule has 1 saturated carbocycles. The number of rotatable bonds is 18. The number of carbonyl (C=O) groups excluding carboxylic acids is 2. The Morgan fingerprint density at radius 3 is 1.70 bits per heavy atom. The fourth-order valence-electron chi connectivity index (χ4n) is 5.46. The third-order valence-corrected chi connectivity index (χ3v) is 7.28. The molecule has 0 N–H and O–H groups in total. The molecule has 218 valence electrons. The minimum atomic E-state index is -0.456. The molecule has 6 nitrogen and oxygen atoms in total. The molecule has 0 aromatic carbocycles. The smallest absolute Gasteiger partial charge is 0.309 e. The summed E-state index contributed by atoms with van der Waals surface area (Å²) in [5, 5.41) is 0. The van der Waals surface area contributed by atoms with Crippen LogP contribution < -0.4 is 0 Å². The van der Waals surface area contributed by atoms with Crippen molar-refractivity contribution in [2.45, 2.75) is 145 Å². The van der Waals surface area contributed by atoms with E-state index >= 15 is 0 Å². The van der Waals surface area contributed by atoms with Gasteiger partial charge in [-0.05, 0) is 78.6 Å². The van der Waals surface area contributed by atoms with Gasteiger partial charge in [-0.1, -0.05) is 59.3 Å². The lowest BCUT2D eigenvalue weighted by molar-refractivity contribution is -0.168. The molecule has 6 atom stereocenters. The Morgan fingerprint density at radius 2 is 1.19 bits per heavy atom. The molecule has 0 spiro atoms. The first-order valence-corrected chi connectivity index (χ1v) is 15.0. The Morgan fingerprint density at radius 1 is 0.676 bits per heavy atom. The fraction of sp³-hybridized carbons (Fsp3) is 0.935. The number of ether oxygens (including phenoxy) is 4. The van der Waals surface area contributed by atoms with Crippen molar-refractivity contribution in [2.24, 2.45) is 29.6 Å². The second-order valence-electron chi connectivity index (χ2n) is 12.5. The average Bonchev–Trinajstić information content (AvgIpc) is 2.79. The van der Waals surface area contributed by atoms with Gasteiger partial charge in [-0.25, -0.2) is 0 Å². The number of hydrogen-bond donors (Lipinski definition) is 0. The van der Waals surface area contributed by atoms with Crippen LogP contribution in [0, 0.1) is 29.6 Å². The van der Waals surface area contributed by atoms with E-state index in [-0.39, 0.29) is 49.6 Å². The van der Waals surface area contributed by atoms with Gasteiger partial charge in [0.05, 0.1) is 36.3 Å². The maximum Gasteiger partial charge on any atom is 0.309 e. The van der Waals surface area contributed by atoms with Gasteiger partial charge < -0.3 is 18.9 Å². The summed E-state index contributed by atoms with van der Waals surface area (Å²) in [6, 6.07) is 0. The molecule has 1 aliphatic carbocycles. The predicted molar refractivity (Wildman–Crippen MR) is 149 cm³/mol. The fourth-order valence-corrected chi connectivity index (χ4v) is 5.46. The summed E-state index contributed by atoms with van der Waals surface area (Å²) < 4.78 is 22.7. The molecule has 0 radical (unpaired) electrons.